The number of ether oxygens (including phenoxy) is 2. The van der Waals surface area contributed by atoms with Gasteiger partial charge in [-0.15, -0.1) is 0 Å². The summed E-state index contributed by atoms with van der Waals surface area (Å²) in [5.41, 5.74) is 4.28. The molecule has 0 saturated carbocycles. The van der Waals surface area contributed by atoms with Gasteiger partial charge in [-0.05, 0) is 73.2 Å². The highest BCUT2D eigenvalue weighted by Gasteiger charge is 2.38. The number of fused-ring (bicyclic) bond motifs is 3. The summed E-state index contributed by atoms with van der Waals surface area (Å²) in [6.07, 6.45) is 8.02. The van der Waals surface area contributed by atoms with Crippen LogP contribution in [0.25, 0.3) is 16.8 Å². The minimum atomic E-state index is -3.66. The van der Waals surface area contributed by atoms with Crippen LogP contribution in [0.2, 0.25) is 0 Å². The Morgan fingerprint density at radius 2 is 1.23 bits per heavy atom. The van der Waals surface area contributed by atoms with Crippen molar-refractivity contribution < 1.29 is 17.9 Å². The van der Waals surface area contributed by atoms with E-state index in [2.05, 4.69) is 76.5 Å². The van der Waals surface area contributed by atoms with Crippen LogP contribution in [0.3, 0.4) is 0 Å². The number of benzene rings is 5. The van der Waals surface area contributed by atoms with Gasteiger partial charge >= 0.3 is 0 Å². The van der Waals surface area contributed by atoms with Gasteiger partial charge in [0.2, 0.25) is 9.84 Å². The Kier molecular flexibility index (Phi) is 7.74. The van der Waals surface area contributed by atoms with Gasteiger partial charge in [-0.2, -0.15) is 0 Å². The fraction of sp³-hybridized carbons (Fsp3) is 0.250. The van der Waals surface area contributed by atoms with Gasteiger partial charge in [0, 0.05) is 65.7 Å². The van der Waals surface area contributed by atoms with Crippen LogP contribution in [0.4, 0.5) is 11.4 Å². The van der Waals surface area contributed by atoms with E-state index in [9.17, 15) is 8.42 Å². The fourth-order valence-corrected chi connectivity index (χ4v) is 8.53. The third-order valence-electron chi connectivity index (χ3n) is 9.80. The first-order valence-electron chi connectivity index (χ1n) is 16.6. The van der Waals surface area contributed by atoms with Crippen molar-refractivity contribution in [2.75, 3.05) is 49.2 Å². The number of hydrogen-bond donors (Lipinski definition) is 0. The number of nitrogens with zero attached hydrogens (tertiary/aromatic N) is 2. The molecule has 3 heterocycles. The molecule has 0 N–H and O–H groups in total. The lowest BCUT2D eigenvalue weighted by Gasteiger charge is -2.38. The lowest BCUT2D eigenvalue weighted by Crippen LogP contribution is -2.37. The molecule has 238 valence electrons. The zero-order valence-corrected chi connectivity index (χ0v) is 27.2. The summed E-state index contributed by atoms with van der Waals surface area (Å²) in [5, 5.41) is 2.33. The summed E-state index contributed by atoms with van der Waals surface area (Å²) in [6, 6.07) is 35.2. The zero-order valence-electron chi connectivity index (χ0n) is 26.3. The Balaban J connectivity index is 1.25. The maximum Gasteiger partial charge on any atom is 0.206 e. The summed E-state index contributed by atoms with van der Waals surface area (Å²) in [4.78, 5) is 5.37. The van der Waals surface area contributed by atoms with Crippen LogP contribution < -0.4 is 14.5 Å². The van der Waals surface area contributed by atoms with E-state index in [0.29, 0.717) is 13.2 Å². The van der Waals surface area contributed by atoms with Crippen molar-refractivity contribution in [3.63, 3.8) is 0 Å². The highest BCUT2D eigenvalue weighted by molar-refractivity contribution is 7.91. The minimum Gasteiger partial charge on any atom is -0.473 e. The lowest BCUT2D eigenvalue weighted by atomic mass is 9.83. The molecule has 2 saturated heterocycles. The van der Waals surface area contributed by atoms with Crippen molar-refractivity contribution in [3.8, 4) is 5.75 Å². The quantitative estimate of drug-likeness (QED) is 0.188. The summed E-state index contributed by atoms with van der Waals surface area (Å²) in [7, 11) is -3.66. The number of anilines is 2. The van der Waals surface area contributed by atoms with Gasteiger partial charge in [0.15, 0.2) is 5.60 Å². The highest BCUT2D eigenvalue weighted by atomic mass is 32.2. The molecule has 8 rings (SSSR count). The fourth-order valence-electron chi connectivity index (χ4n) is 7.25. The second kappa shape index (κ2) is 12.2. The van der Waals surface area contributed by atoms with Crippen LogP contribution in [0.5, 0.6) is 5.75 Å². The predicted octanol–water partition coefficient (Wildman–Crippen LogP) is 7.85. The molecule has 0 aromatic heterocycles. The van der Waals surface area contributed by atoms with Crippen molar-refractivity contribution in [1.29, 1.82) is 0 Å². The first-order valence-corrected chi connectivity index (χ1v) is 18.0. The molecule has 5 aromatic carbocycles. The molecule has 1 unspecified atom stereocenters. The largest absolute Gasteiger partial charge is 0.473 e. The molecule has 5 aromatic rings. The Morgan fingerprint density at radius 3 is 1.94 bits per heavy atom. The minimum absolute atomic E-state index is 0.254. The van der Waals surface area contributed by atoms with Gasteiger partial charge in [0.1, 0.15) is 5.75 Å². The Morgan fingerprint density at radius 1 is 0.617 bits per heavy atom. The van der Waals surface area contributed by atoms with Crippen LogP contribution in [0.15, 0.2) is 125 Å². The molecule has 47 heavy (non-hydrogen) atoms. The molecule has 0 aliphatic carbocycles. The summed E-state index contributed by atoms with van der Waals surface area (Å²) in [6.45, 7) is 5.17. The van der Waals surface area contributed by atoms with Crippen molar-refractivity contribution in [3.05, 3.63) is 132 Å². The molecule has 0 radical (unpaired) electrons. The average molecular weight is 643 g/mol. The number of sulfone groups is 1. The topological polar surface area (TPSA) is 59.1 Å². The van der Waals surface area contributed by atoms with E-state index >= 15 is 0 Å². The Bertz CT molecular complexity index is 2030. The van der Waals surface area contributed by atoms with Crippen LogP contribution >= 0.6 is 0 Å². The smallest absolute Gasteiger partial charge is 0.206 e. The molecule has 7 heteroatoms. The summed E-state index contributed by atoms with van der Waals surface area (Å²) >= 11 is 0. The number of piperidine rings is 1. The first kappa shape index (κ1) is 29.8. The maximum atomic E-state index is 13.5. The molecule has 0 bridgehead atoms. The molecule has 3 aliphatic rings. The van der Waals surface area contributed by atoms with Crippen molar-refractivity contribution in [1.82, 2.24) is 0 Å². The second-order valence-electron chi connectivity index (χ2n) is 12.6. The molecule has 0 amide bonds. The highest BCUT2D eigenvalue weighted by Crippen LogP contribution is 2.47. The molecular formula is C40H38N2O4S. The van der Waals surface area contributed by atoms with Gasteiger partial charge in [0.25, 0.3) is 0 Å². The lowest BCUT2D eigenvalue weighted by molar-refractivity contribution is 0.122. The summed E-state index contributed by atoms with van der Waals surface area (Å²) < 4.78 is 39.8. The number of hydrogen-bond acceptors (Lipinski definition) is 6. The molecule has 1 atom stereocenters. The maximum absolute atomic E-state index is 13.5. The third-order valence-corrected chi connectivity index (χ3v) is 11.6. The van der Waals surface area contributed by atoms with E-state index in [0.717, 1.165) is 59.7 Å². The summed E-state index contributed by atoms with van der Waals surface area (Å²) in [5.74, 6) is 0.800. The van der Waals surface area contributed by atoms with Crippen molar-refractivity contribution in [2.24, 2.45) is 0 Å². The van der Waals surface area contributed by atoms with Gasteiger partial charge in [0.05, 0.1) is 23.0 Å². The Hall–Kier alpha value is -4.59. The Labute approximate surface area is 276 Å². The molecule has 6 nitrogen and oxygen atoms in total. The SMILES string of the molecule is O=S(=O)(c1ccccc1)c1ccc(C2(c3ccc(N4CCCCC4)cc3)C=Cc3c(cc(N4CCOCC4)c4ccccc34)O2)cc1. The van der Waals surface area contributed by atoms with Gasteiger partial charge < -0.3 is 19.3 Å². The van der Waals surface area contributed by atoms with E-state index in [1.165, 1.54) is 30.3 Å². The van der Waals surface area contributed by atoms with Gasteiger partial charge in [-0.3, -0.25) is 0 Å². The van der Waals surface area contributed by atoms with Crippen LogP contribution in [-0.4, -0.2) is 47.8 Å². The average Bonchev–Trinajstić information content (AvgIpc) is 3.15. The van der Waals surface area contributed by atoms with Crippen LogP contribution in [0, 0.1) is 0 Å². The van der Waals surface area contributed by atoms with E-state index in [-0.39, 0.29) is 9.79 Å². The predicted molar refractivity (Wildman–Crippen MR) is 188 cm³/mol. The van der Waals surface area contributed by atoms with Crippen molar-refractivity contribution >= 4 is 38.1 Å². The van der Waals surface area contributed by atoms with Crippen LogP contribution in [-0.2, 0) is 20.2 Å². The van der Waals surface area contributed by atoms with Crippen LogP contribution in [0.1, 0.15) is 36.0 Å². The van der Waals surface area contributed by atoms with Gasteiger partial charge in [-0.25, -0.2) is 8.42 Å². The third kappa shape index (κ3) is 5.37. The monoisotopic (exact) mass is 642 g/mol. The normalized spacial score (nSPS) is 19.7. The molecule has 0 spiro atoms. The first-order chi connectivity index (χ1) is 23.0. The van der Waals surface area contributed by atoms with Gasteiger partial charge in [-0.1, -0.05) is 66.7 Å². The number of morpholine rings is 1. The number of rotatable bonds is 6. The molecule has 3 aliphatic heterocycles. The molecular weight excluding hydrogens is 605 g/mol. The van der Waals surface area contributed by atoms with Crippen molar-refractivity contribution in [2.45, 2.75) is 34.7 Å². The molecule has 2 fully saturated rings. The second-order valence-corrected chi connectivity index (χ2v) is 14.5. The van der Waals surface area contributed by atoms with E-state index in [1.54, 1.807) is 36.4 Å². The van der Waals surface area contributed by atoms with E-state index < -0.39 is 15.4 Å². The van der Waals surface area contributed by atoms with E-state index in [4.69, 9.17) is 9.47 Å². The zero-order chi connectivity index (χ0) is 31.8. The van der Waals surface area contributed by atoms with E-state index in [1.807, 2.05) is 18.2 Å². The standard InChI is InChI=1S/C40H38N2O4S/c43-47(44,33-9-3-1-4-10-33)34-19-15-31(16-20-34)40(30-13-17-32(18-14-30)41-23-7-2-8-24-41)22-21-37-35-11-5-6-12-36(35)38(29-39(37)46-40)42-25-27-45-28-26-42/h1,3-6,9-22,29H,2,7-8,23-28H2.